The summed E-state index contributed by atoms with van der Waals surface area (Å²) in [7, 11) is 1.70. The SMILES string of the molecule is COCc1ccc(-c2ccc(NC(=O)[C@@H]3C[C@H]3c3ccccn3)cc2)cc1. The molecule has 2 aromatic carbocycles. The van der Waals surface area contributed by atoms with Gasteiger partial charge in [0.2, 0.25) is 5.91 Å². The monoisotopic (exact) mass is 358 g/mol. The van der Waals surface area contributed by atoms with Gasteiger partial charge in [0.15, 0.2) is 0 Å². The van der Waals surface area contributed by atoms with Gasteiger partial charge in [-0.05, 0) is 47.4 Å². The standard InChI is InChI=1S/C23H22N2O2/c1-27-15-16-5-7-17(8-6-16)18-9-11-19(12-10-18)25-23(26)21-14-20(21)22-4-2-3-13-24-22/h2-13,20-21H,14-15H2,1H3,(H,25,26)/t20-,21-/m1/s1. The van der Waals surface area contributed by atoms with Crippen LogP contribution >= 0.6 is 0 Å². The van der Waals surface area contributed by atoms with Crippen molar-refractivity contribution in [3.63, 3.8) is 0 Å². The lowest BCUT2D eigenvalue weighted by Gasteiger charge is -2.08. The maximum Gasteiger partial charge on any atom is 0.228 e. The first-order valence-corrected chi connectivity index (χ1v) is 9.14. The number of amides is 1. The molecule has 0 aliphatic heterocycles. The van der Waals surface area contributed by atoms with E-state index in [-0.39, 0.29) is 17.7 Å². The molecule has 136 valence electrons. The number of carbonyl (C=O) groups is 1. The van der Waals surface area contributed by atoms with Crippen LogP contribution in [0.2, 0.25) is 0 Å². The van der Waals surface area contributed by atoms with E-state index in [0.29, 0.717) is 6.61 Å². The molecule has 1 aliphatic rings. The molecule has 27 heavy (non-hydrogen) atoms. The number of rotatable bonds is 6. The van der Waals surface area contributed by atoms with Gasteiger partial charge < -0.3 is 10.1 Å². The topological polar surface area (TPSA) is 51.2 Å². The first-order valence-electron chi connectivity index (χ1n) is 9.14. The smallest absolute Gasteiger partial charge is 0.228 e. The zero-order valence-electron chi connectivity index (χ0n) is 15.3. The number of ether oxygens (including phenoxy) is 1. The van der Waals surface area contributed by atoms with Crippen LogP contribution in [-0.4, -0.2) is 18.0 Å². The Morgan fingerprint density at radius 3 is 2.37 bits per heavy atom. The van der Waals surface area contributed by atoms with E-state index in [4.69, 9.17) is 4.74 Å². The second kappa shape index (κ2) is 7.72. The first kappa shape index (κ1) is 17.4. The molecule has 2 atom stereocenters. The van der Waals surface area contributed by atoms with Crippen LogP contribution in [0.15, 0.2) is 72.9 Å². The van der Waals surface area contributed by atoms with Crippen LogP contribution in [0.25, 0.3) is 11.1 Å². The highest BCUT2D eigenvalue weighted by Crippen LogP contribution is 2.47. The third kappa shape index (κ3) is 4.07. The number of aromatic nitrogens is 1. The summed E-state index contributed by atoms with van der Waals surface area (Å²) in [4.78, 5) is 16.8. The number of benzene rings is 2. The lowest BCUT2D eigenvalue weighted by Crippen LogP contribution is -2.14. The van der Waals surface area contributed by atoms with Gasteiger partial charge in [0.05, 0.1) is 6.61 Å². The van der Waals surface area contributed by atoms with Crippen molar-refractivity contribution in [2.45, 2.75) is 18.9 Å². The Kier molecular flexibility index (Phi) is 4.99. The van der Waals surface area contributed by atoms with Crippen LogP contribution in [0, 0.1) is 5.92 Å². The van der Waals surface area contributed by atoms with Crippen molar-refractivity contribution in [3.05, 3.63) is 84.2 Å². The first-order chi connectivity index (χ1) is 13.2. The van der Waals surface area contributed by atoms with Crippen LogP contribution in [0.3, 0.4) is 0 Å². The van der Waals surface area contributed by atoms with Gasteiger partial charge in [-0.15, -0.1) is 0 Å². The number of hydrogen-bond donors (Lipinski definition) is 1. The van der Waals surface area contributed by atoms with Gasteiger partial charge in [-0.25, -0.2) is 0 Å². The Bertz CT molecular complexity index is 905. The van der Waals surface area contributed by atoms with E-state index in [1.807, 2.05) is 42.5 Å². The quantitative estimate of drug-likeness (QED) is 0.698. The number of hydrogen-bond acceptors (Lipinski definition) is 3. The van der Waals surface area contributed by atoms with Crippen molar-refractivity contribution < 1.29 is 9.53 Å². The molecular weight excluding hydrogens is 336 g/mol. The minimum atomic E-state index is 0.0212. The highest BCUT2D eigenvalue weighted by atomic mass is 16.5. The molecule has 4 heteroatoms. The number of methoxy groups -OCH3 is 1. The Morgan fingerprint density at radius 2 is 1.74 bits per heavy atom. The Hall–Kier alpha value is -2.98. The van der Waals surface area contributed by atoms with E-state index >= 15 is 0 Å². The van der Waals surface area contributed by atoms with Crippen molar-refractivity contribution in [1.29, 1.82) is 0 Å². The molecule has 1 fully saturated rings. The van der Waals surface area contributed by atoms with Crippen molar-refractivity contribution in [2.75, 3.05) is 12.4 Å². The molecule has 1 aliphatic carbocycles. The summed E-state index contributed by atoms with van der Waals surface area (Å²) < 4.78 is 5.14. The van der Waals surface area contributed by atoms with Gasteiger partial charge in [0, 0.05) is 36.5 Å². The fourth-order valence-electron chi connectivity index (χ4n) is 3.35. The van der Waals surface area contributed by atoms with Crippen LogP contribution in [-0.2, 0) is 16.1 Å². The molecule has 4 rings (SSSR count). The molecule has 0 radical (unpaired) electrons. The molecule has 1 saturated carbocycles. The molecule has 1 aromatic heterocycles. The third-order valence-corrected chi connectivity index (χ3v) is 4.95. The fourth-order valence-corrected chi connectivity index (χ4v) is 3.35. The lowest BCUT2D eigenvalue weighted by molar-refractivity contribution is -0.117. The van der Waals surface area contributed by atoms with Gasteiger partial charge in [-0.3, -0.25) is 9.78 Å². The van der Waals surface area contributed by atoms with Crippen LogP contribution in [0.5, 0.6) is 0 Å². The number of nitrogens with zero attached hydrogens (tertiary/aromatic N) is 1. The number of nitrogens with one attached hydrogen (secondary N) is 1. The molecule has 1 N–H and O–H groups in total. The summed E-state index contributed by atoms with van der Waals surface area (Å²) in [5.41, 5.74) is 5.24. The van der Waals surface area contributed by atoms with Crippen LogP contribution < -0.4 is 5.32 Å². The lowest BCUT2D eigenvalue weighted by atomic mass is 10.0. The summed E-state index contributed by atoms with van der Waals surface area (Å²) in [6.45, 7) is 0.617. The van der Waals surface area contributed by atoms with Gasteiger partial charge in [-0.1, -0.05) is 42.5 Å². The van der Waals surface area contributed by atoms with E-state index in [1.165, 1.54) is 0 Å². The average molecular weight is 358 g/mol. The van der Waals surface area contributed by atoms with Crippen LogP contribution in [0.1, 0.15) is 23.6 Å². The van der Waals surface area contributed by atoms with Gasteiger partial charge >= 0.3 is 0 Å². The molecule has 4 nitrogen and oxygen atoms in total. The van der Waals surface area contributed by atoms with E-state index in [9.17, 15) is 4.79 Å². The summed E-state index contributed by atoms with van der Waals surface area (Å²) in [6.07, 6.45) is 2.65. The predicted octanol–water partition coefficient (Wildman–Crippen LogP) is 4.64. The zero-order valence-corrected chi connectivity index (χ0v) is 15.3. The summed E-state index contributed by atoms with van der Waals surface area (Å²) in [5, 5.41) is 3.02. The maximum absolute atomic E-state index is 12.5. The molecular formula is C23H22N2O2. The van der Waals surface area contributed by atoms with Gasteiger partial charge in [0.1, 0.15) is 0 Å². The third-order valence-electron chi connectivity index (χ3n) is 4.95. The predicted molar refractivity (Wildman–Crippen MR) is 106 cm³/mol. The summed E-state index contributed by atoms with van der Waals surface area (Å²) >= 11 is 0. The number of carbonyl (C=O) groups excluding carboxylic acids is 1. The molecule has 0 spiro atoms. The van der Waals surface area contributed by atoms with E-state index in [0.717, 1.165) is 34.5 Å². The second-order valence-corrected chi connectivity index (χ2v) is 6.90. The largest absolute Gasteiger partial charge is 0.380 e. The highest BCUT2D eigenvalue weighted by molar-refractivity contribution is 5.95. The van der Waals surface area contributed by atoms with Gasteiger partial charge in [-0.2, -0.15) is 0 Å². The molecule has 3 aromatic rings. The van der Waals surface area contributed by atoms with E-state index in [1.54, 1.807) is 13.3 Å². The van der Waals surface area contributed by atoms with Crippen molar-refractivity contribution in [1.82, 2.24) is 4.98 Å². The van der Waals surface area contributed by atoms with Crippen molar-refractivity contribution in [3.8, 4) is 11.1 Å². The Labute approximate surface area is 159 Å². The Balaban J connectivity index is 1.37. The summed E-state index contributed by atoms with van der Waals surface area (Å²) in [6, 6.07) is 22.1. The van der Waals surface area contributed by atoms with Crippen LogP contribution in [0.4, 0.5) is 5.69 Å². The van der Waals surface area contributed by atoms with Crippen molar-refractivity contribution in [2.24, 2.45) is 5.92 Å². The Morgan fingerprint density at radius 1 is 1.04 bits per heavy atom. The average Bonchev–Trinajstić information content (AvgIpc) is 3.51. The number of anilines is 1. The fraction of sp³-hybridized carbons (Fsp3) is 0.217. The van der Waals surface area contributed by atoms with E-state index < -0.39 is 0 Å². The molecule has 0 unspecified atom stereocenters. The molecule has 0 bridgehead atoms. The second-order valence-electron chi connectivity index (χ2n) is 6.90. The molecule has 1 amide bonds. The normalized spacial score (nSPS) is 18.1. The van der Waals surface area contributed by atoms with Crippen molar-refractivity contribution >= 4 is 11.6 Å². The molecule has 1 heterocycles. The summed E-state index contributed by atoms with van der Waals surface area (Å²) in [5.74, 6) is 0.339. The highest BCUT2D eigenvalue weighted by Gasteiger charge is 2.44. The zero-order chi connectivity index (χ0) is 18.6. The minimum Gasteiger partial charge on any atom is -0.380 e. The van der Waals surface area contributed by atoms with Gasteiger partial charge in [0.25, 0.3) is 0 Å². The number of pyridine rings is 1. The molecule has 0 saturated heterocycles. The minimum absolute atomic E-state index is 0.0212. The van der Waals surface area contributed by atoms with E-state index in [2.05, 4.69) is 34.6 Å². The maximum atomic E-state index is 12.5.